The highest BCUT2D eigenvalue weighted by Crippen LogP contribution is 2.28. The number of piperidine rings is 1. The summed E-state index contributed by atoms with van der Waals surface area (Å²) in [7, 11) is 0. The van der Waals surface area contributed by atoms with E-state index in [0.717, 1.165) is 42.6 Å². The molecule has 0 radical (unpaired) electrons. The van der Waals surface area contributed by atoms with Crippen molar-refractivity contribution in [2.24, 2.45) is 0 Å². The maximum Gasteiger partial charge on any atom is 0.411 e. The molecule has 1 saturated heterocycles. The molecule has 0 aromatic heterocycles. The number of hydrogen-bond donors (Lipinski definition) is 6. The van der Waals surface area contributed by atoms with Gasteiger partial charge in [0.1, 0.15) is 11.9 Å². The number of phenols is 1. The molecule has 4 aromatic rings. The van der Waals surface area contributed by atoms with Gasteiger partial charge in [-0.05, 0) is 59.9 Å². The van der Waals surface area contributed by atoms with E-state index in [9.17, 15) is 24.6 Å². The summed E-state index contributed by atoms with van der Waals surface area (Å²) in [5.41, 5.74) is 4.96. The number of rotatable bonds is 14. The molecule has 6 N–H and O–H groups in total. The highest BCUT2D eigenvalue weighted by Gasteiger charge is 2.23. The van der Waals surface area contributed by atoms with Gasteiger partial charge in [-0.15, -0.1) is 0 Å². The Kier molecular flexibility index (Phi) is 12.1. The lowest BCUT2D eigenvalue weighted by Crippen LogP contribution is -2.42. The van der Waals surface area contributed by atoms with Crippen LogP contribution in [0.15, 0.2) is 97.1 Å². The predicted octanol–water partition coefficient (Wildman–Crippen LogP) is 4.89. The van der Waals surface area contributed by atoms with Crippen LogP contribution >= 0.6 is 0 Å². The van der Waals surface area contributed by atoms with E-state index >= 15 is 0 Å². The molecule has 3 amide bonds. The number of nitrogens with zero attached hydrogens (tertiary/aromatic N) is 1. The van der Waals surface area contributed by atoms with Gasteiger partial charge in [-0.1, -0.05) is 66.7 Å². The summed E-state index contributed by atoms with van der Waals surface area (Å²) >= 11 is 0. The van der Waals surface area contributed by atoms with Gasteiger partial charge < -0.3 is 35.8 Å². The largest absolute Gasteiger partial charge is 0.506 e. The molecule has 0 spiro atoms. The van der Waals surface area contributed by atoms with E-state index in [0.29, 0.717) is 42.9 Å². The Hall–Kier alpha value is -5.23. The summed E-state index contributed by atoms with van der Waals surface area (Å²) < 4.78 is 5.73. The molecule has 48 heavy (non-hydrogen) atoms. The third-order valence-corrected chi connectivity index (χ3v) is 8.27. The first kappa shape index (κ1) is 34.1. The van der Waals surface area contributed by atoms with Crippen molar-refractivity contribution in [3.05, 3.63) is 114 Å². The minimum absolute atomic E-state index is 0.0782. The van der Waals surface area contributed by atoms with Crippen LogP contribution in [0, 0.1) is 0 Å². The summed E-state index contributed by atoms with van der Waals surface area (Å²) in [6, 6.07) is 29.4. The predicted molar refractivity (Wildman–Crippen MR) is 185 cm³/mol. The van der Waals surface area contributed by atoms with Crippen LogP contribution in [-0.4, -0.2) is 72.4 Å². The zero-order valence-electron chi connectivity index (χ0n) is 26.6. The molecule has 1 aliphatic rings. The fraction of sp³-hybridized carbons (Fsp3) is 0.270. The molecule has 11 nitrogen and oxygen atoms in total. The maximum absolute atomic E-state index is 12.7. The average molecular weight is 652 g/mol. The Morgan fingerprint density at radius 1 is 0.917 bits per heavy atom. The number of benzene rings is 4. The summed E-state index contributed by atoms with van der Waals surface area (Å²) in [6.07, 6.45) is 0.451. The van der Waals surface area contributed by atoms with Crippen LogP contribution in [0.4, 0.5) is 16.2 Å². The second kappa shape index (κ2) is 17.1. The molecule has 0 unspecified atom stereocenters. The van der Waals surface area contributed by atoms with Gasteiger partial charge in [0, 0.05) is 50.4 Å². The fourth-order valence-electron chi connectivity index (χ4n) is 5.62. The van der Waals surface area contributed by atoms with Crippen LogP contribution < -0.4 is 21.3 Å². The first-order valence-corrected chi connectivity index (χ1v) is 16.0. The van der Waals surface area contributed by atoms with Crippen molar-refractivity contribution in [1.29, 1.82) is 0 Å². The van der Waals surface area contributed by atoms with Gasteiger partial charge in [-0.2, -0.15) is 0 Å². The number of hydrogen-bond acceptors (Lipinski definition) is 8. The van der Waals surface area contributed by atoms with E-state index < -0.39 is 12.2 Å². The van der Waals surface area contributed by atoms with Crippen molar-refractivity contribution in [1.82, 2.24) is 15.5 Å². The molecule has 1 fully saturated rings. The Morgan fingerprint density at radius 2 is 1.65 bits per heavy atom. The molecular weight excluding hydrogens is 610 g/mol. The van der Waals surface area contributed by atoms with E-state index in [-0.39, 0.29) is 30.0 Å². The average Bonchev–Trinajstić information content (AvgIpc) is 3.11. The molecule has 1 atom stereocenters. The first-order chi connectivity index (χ1) is 23.4. The SMILES string of the molecule is O=CNc1cc([C@@H](O)CNCc2ccc(C(=O)NCCN3CCC(OC(=O)Nc4ccccc4-c4ccccc4)CC3)cc2)ccc1O. The van der Waals surface area contributed by atoms with Crippen LogP contribution in [0.1, 0.15) is 40.4 Å². The zero-order chi connectivity index (χ0) is 33.7. The number of carbonyl (C=O) groups is 3. The number of ether oxygens (including phenoxy) is 1. The third kappa shape index (κ3) is 9.64. The number of nitrogens with one attached hydrogen (secondary N) is 4. The van der Waals surface area contributed by atoms with E-state index in [4.69, 9.17) is 4.74 Å². The normalized spacial score (nSPS) is 14.1. The number of phenolic OH excluding ortho intramolecular Hbond substituents is 1. The van der Waals surface area contributed by atoms with Gasteiger partial charge in [0.2, 0.25) is 6.41 Å². The number of aromatic hydroxyl groups is 1. The standard InChI is InChI=1S/C37H41N5O6/c43-25-40-33-22-29(14-15-34(33)44)35(45)24-38-23-26-10-12-28(13-11-26)36(46)39-18-21-42-19-16-30(17-20-42)48-37(47)41-32-9-5-4-8-31(32)27-6-2-1-3-7-27/h1-15,22,25,30,35,38,44-45H,16-21,23-24H2,(H,39,46)(H,40,43)(H,41,47)/t35-/m0/s1. The zero-order valence-corrected chi connectivity index (χ0v) is 26.6. The molecule has 250 valence electrons. The molecule has 0 aliphatic carbocycles. The van der Waals surface area contributed by atoms with Crippen molar-refractivity contribution in [2.75, 3.05) is 43.4 Å². The Labute approximate surface area is 279 Å². The minimum atomic E-state index is -0.839. The molecule has 1 heterocycles. The van der Waals surface area contributed by atoms with Crippen molar-refractivity contribution in [3.63, 3.8) is 0 Å². The van der Waals surface area contributed by atoms with Gasteiger partial charge in [-0.25, -0.2) is 4.79 Å². The summed E-state index contributed by atoms with van der Waals surface area (Å²) in [5.74, 6) is -0.229. The summed E-state index contributed by atoms with van der Waals surface area (Å²) in [5, 5.41) is 31.7. The van der Waals surface area contributed by atoms with Gasteiger partial charge >= 0.3 is 6.09 Å². The minimum Gasteiger partial charge on any atom is -0.506 e. The second-order valence-corrected chi connectivity index (χ2v) is 11.6. The van der Waals surface area contributed by atoms with Gasteiger partial charge in [0.25, 0.3) is 5.91 Å². The van der Waals surface area contributed by atoms with E-state index in [2.05, 4.69) is 26.2 Å². The van der Waals surface area contributed by atoms with E-state index in [1.807, 2.05) is 66.7 Å². The van der Waals surface area contributed by atoms with Gasteiger partial charge in [0.15, 0.2) is 0 Å². The number of aliphatic hydroxyl groups is 1. The number of aliphatic hydroxyl groups excluding tert-OH is 1. The van der Waals surface area contributed by atoms with E-state index in [1.54, 1.807) is 18.2 Å². The van der Waals surface area contributed by atoms with Crippen LogP contribution in [0.2, 0.25) is 0 Å². The maximum atomic E-state index is 12.7. The molecular formula is C37H41N5O6. The lowest BCUT2D eigenvalue weighted by molar-refractivity contribution is -0.105. The number of amides is 3. The molecule has 1 aliphatic heterocycles. The number of para-hydroxylation sites is 1. The number of likely N-dealkylation sites (tertiary alicyclic amines) is 1. The lowest BCUT2D eigenvalue weighted by atomic mass is 10.0. The number of carbonyl (C=O) groups excluding carboxylic acids is 3. The topological polar surface area (TPSA) is 152 Å². The van der Waals surface area contributed by atoms with Crippen molar-refractivity contribution >= 4 is 29.8 Å². The summed E-state index contributed by atoms with van der Waals surface area (Å²) in [6.45, 7) is 3.49. The van der Waals surface area contributed by atoms with Crippen LogP contribution in [0.25, 0.3) is 11.1 Å². The molecule has 11 heteroatoms. The van der Waals surface area contributed by atoms with Crippen LogP contribution in [0.5, 0.6) is 5.75 Å². The Bertz CT molecular complexity index is 1660. The van der Waals surface area contributed by atoms with E-state index in [1.165, 1.54) is 12.1 Å². The van der Waals surface area contributed by atoms with Crippen molar-refractivity contribution in [2.45, 2.75) is 31.6 Å². The highest BCUT2D eigenvalue weighted by molar-refractivity contribution is 5.94. The number of anilines is 2. The molecule has 0 bridgehead atoms. The van der Waals surface area contributed by atoms with Gasteiger partial charge in [-0.3, -0.25) is 14.9 Å². The molecule has 5 rings (SSSR count). The van der Waals surface area contributed by atoms with Crippen molar-refractivity contribution in [3.8, 4) is 16.9 Å². The van der Waals surface area contributed by atoms with Gasteiger partial charge in [0.05, 0.1) is 17.5 Å². The Balaban J connectivity index is 0.976. The fourth-order valence-corrected chi connectivity index (χ4v) is 5.62. The lowest BCUT2D eigenvalue weighted by Gasteiger charge is -2.31. The summed E-state index contributed by atoms with van der Waals surface area (Å²) in [4.78, 5) is 38.3. The quantitative estimate of drug-likeness (QED) is 0.0833. The first-order valence-electron chi connectivity index (χ1n) is 16.0. The van der Waals surface area contributed by atoms with Crippen LogP contribution in [-0.2, 0) is 16.1 Å². The monoisotopic (exact) mass is 651 g/mol. The molecule has 0 saturated carbocycles. The third-order valence-electron chi connectivity index (χ3n) is 8.27. The highest BCUT2D eigenvalue weighted by atomic mass is 16.6. The van der Waals surface area contributed by atoms with Crippen LogP contribution in [0.3, 0.4) is 0 Å². The Morgan fingerprint density at radius 3 is 2.40 bits per heavy atom. The molecule has 4 aromatic carbocycles. The van der Waals surface area contributed by atoms with Crippen molar-refractivity contribution < 1.29 is 29.3 Å². The second-order valence-electron chi connectivity index (χ2n) is 11.6. The smallest absolute Gasteiger partial charge is 0.411 e.